The number of nitrogens with zero attached hydrogens (tertiary/aromatic N) is 3. The molecule has 0 aliphatic carbocycles. The first kappa shape index (κ1) is 15.3. The van der Waals surface area contributed by atoms with E-state index in [4.69, 9.17) is 4.98 Å². The number of hydrogen-bond donors (Lipinski definition) is 1. The van der Waals surface area contributed by atoms with Crippen LogP contribution in [0, 0.1) is 0 Å². The van der Waals surface area contributed by atoms with E-state index in [1.807, 2.05) is 0 Å². The van der Waals surface area contributed by atoms with Gasteiger partial charge in [0.15, 0.2) is 10.8 Å². The van der Waals surface area contributed by atoms with Crippen molar-refractivity contribution in [3.05, 3.63) is 17.3 Å². The predicted molar refractivity (Wildman–Crippen MR) is 87.9 cm³/mol. The highest BCUT2D eigenvalue weighted by atomic mass is 32.1. The molecule has 2 heterocycles. The number of hydrogen-bond acceptors (Lipinski definition) is 4. The van der Waals surface area contributed by atoms with Crippen molar-refractivity contribution in [2.45, 2.75) is 46.6 Å². The Morgan fingerprint density at radius 1 is 1.30 bits per heavy atom. The van der Waals surface area contributed by atoms with Crippen molar-refractivity contribution >= 4 is 22.1 Å². The van der Waals surface area contributed by atoms with Crippen molar-refractivity contribution < 1.29 is 0 Å². The molecule has 0 unspecified atom stereocenters. The summed E-state index contributed by atoms with van der Waals surface area (Å²) in [5.41, 5.74) is 1.30. The fourth-order valence-corrected chi connectivity index (χ4v) is 3.11. The zero-order chi connectivity index (χ0) is 14.4. The van der Waals surface area contributed by atoms with Crippen LogP contribution in [-0.2, 0) is 6.54 Å². The quantitative estimate of drug-likeness (QED) is 0.718. The van der Waals surface area contributed by atoms with Gasteiger partial charge in [-0.15, -0.1) is 11.3 Å². The minimum atomic E-state index is 0.893. The van der Waals surface area contributed by atoms with E-state index in [-0.39, 0.29) is 0 Å². The number of aromatic nitrogens is 2. The fraction of sp³-hybridized carbons (Fsp3) is 0.667. The van der Waals surface area contributed by atoms with E-state index >= 15 is 0 Å². The summed E-state index contributed by atoms with van der Waals surface area (Å²) in [5.74, 6) is 1.16. The molecule has 0 fully saturated rings. The standard InChI is InChI=1S/C15H26N4S/c1-4-7-9-18(6-3)14-13(12-16-8-5-2)19-10-11-20-15(19)17-14/h10-11,16H,4-9,12H2,1-3H3. The molecule has 2 aromatic heterocycles. The summed E-state index contributed by atoms with van der Waals surface area (Å²) >= 11 is 1.71. The summed E-state index contributed by atoms with van der Waals surface area (Å²) in [5, 5.41) is 5.62. The highest BCUT2D eigenvalue weighted by Crippen LogP contribution is 2.25. The van der Waals surface area contributed by atoms with Gasteiger partial charge >= 0.3 is 0 Å². The summed E-state index contributed by atoms with van der Waals surface area (Å²) in [6, 6.07) is 0. The van der Waals surface area contributed by atoms with Crippen LogP contribution in [0.2, 0.25) is 0 Å². The largest absolute Gasteiger partial charge is 0.355 e. The van der Waals surface area contributed by atoms with Crippen LogP contribution in [-0.4, -0.2) is 29.0 Å². The molecular formula is C15H26N4S. The van der Waals surface area contributed by atoms with E-state index < -0.39 is 0 Å². The van der Waals surface area contributed by atoms with E-state index in [0.717, 1.165) is 43.4 Å². The van der Waals surface area contributed by atoms with Gasteiger partial charge in [0.2, 0.25) is 0 Å². The maximum Gasteiger partial charge on any atom is 0.195 e. The first-order chi connectivity index (χ1) is 9.81. The summed E-state index contributed by atoms with van der Waals surface area (Å²) in [6.45, 7) is 10.7. The molecule has 5 heteroatoms. The summed E-state index contributed by atoms with van der Waals surface area (Å²) in [7, 11) is 0. The van der Waals surface area contributed by atoms with Crippen molar-refractivity contribution in [3.63, 3.8) is 0 Å². The van der Waals surface area contributed by atoms with Crippen molar-refractivity contribution in [2.24, 2.45) is 0 Å². The second kappa shape index (κ2) is 7.64. The Morgan fingerprint density at radius 2 is 2.15 bits per heavy atom. The molecule has 0 bridgehead atoms. The van der Waals surface area contributed by atoms with E-state index in [9.17, 15) is 0 Å². The number of unbranched alkanes of at least 4 members (excludes halogenated alkanes) is 1. The Kier molecular flexibility index (Phi) is 5.86. The molecule has 0 saturated heterocycles. The molecule has 0 aliphatic heterocycles. The van der Waals surface area contributed by atoms with E-state index in [1.54, 1.807) is 11.3 Å². The van der Waals surface area contributed by atoms with Gasteiger partial charge in [-0.05, 0) is 26.3 Å². The van der Waals surface area contributed by atoms with Crippen LogP contribution in [0.3, 0.4) is 0 Å². The van der Waals surface area contributed by atoms with E-state index in [0.29, 0.717) is 0 Å². The Hall–Kier alpha value is -1.07. The normalized spacial score (nSPS) is 11.3. The molecule has 4 nitrogen and oxygen atoms in total. The summed E-state index contributed by atoms with van der Waals surface area (Å²) in [4.78, 5) is 8.35. The molecule has 0 radical (unpaired) electrons. The first-order valence-electron chi connectivity index (χ1n) is 7.71. The number of imidazole rings is 1. The molecule has 112 valence electrons. The van der Waals surface area contributed by atoms with Gasteiger partial charge in [-0.25, -0.2) is 4.98 Å². The summed E-state index contributed by atoms with van der Waals surface area (Å²) in [6.07, 6.45) is 5.74. The van der Waals surface area contributed by atoms with Gasteiger partial charge in [-0.1, -0.05) is 20.3 Å². The molecule has 0 aliphatic rings. The van der Waals surface area contributed by atoms with Crippen molar-refractivity contribution in [3.8, 4) is 0 Å². The fourth-order valence-electron chi connectivity index (χ4n) is 2.38. The average Bonchev–Trinajstić information content (AvgIpc) is 3.03. The van der Waals surface area contributed by atoms with E-state index in [1.165, 1.54) is 18.5 Å². The Labute approximate surface area is 125 Å². The van der Waals surface area contributed by atoms with Gasteiger partial charge < -0.3 is 10.2 Å². The molecule has 0 saturated carbocycles. The Morgan fingerprint density at radius 3 is 2.85 bits per heavy atom. The van der Waals surface area contributed by atoms with Crippen LogP contribution < -0.4 is 10.2 Å². The van der Waals surface area contributed by atoms with Gasteiger partial charge in [0.1, 0.15) is 0 Å². The van der Waals surface area contributed by atoms with Crippen LogP contribution in [0.5, 0.6) is 0 Å². The number of rotatable bonds is 9. The molecule has 20 heavy (non-hydrogen) atoms. The molecule has 2 rings (SSSR count). The van der Waals surface area contributed by atoms with Crippen LogP contribution in [0.25, 0.3) is 4.96 Å². The van der Waals surface area contributed by atoms with Gasteiger partial charge in [-0.3, -0.25) is 4.40 Å². The average molecular weight is 294 g/mol. The van der Waals surface area contributed by atoms with Crippen LogP contribution in [0.1, 0.15) is 45.7 Å². The number of nitrogens with one attached hydrogen (secondary N) is 1. The highest BCUT2D eigenvalue weighted by molar-refractivity contribution is 7.15. The Bertz CT molecular complexity index is 517. The lowest BCUT2D eigenvalue weighted by molar-refractivity contribution is 0.654. The lowest BCUT2D eigenvalue weighted by Crippen LogP contribution is -2.26. The van der Waals surface area contributed by atoms with Crippen LogP contribution in [0.4, 0.5) is 5.82 Å². The highest BCUT2D eigenvalue weighted by Gasteiger charge is 2.17. The minimum absolute atomic E-state index is 0.893. The number of anilines is 1. The van der Waals surface area contributed by atoms with Crippen molar-refractivity contribution in [1.82, 2.24) is 14.7 Å². The van der Waals surface area contributed by atoms with Gasteiger partial charge in [0.05, 0.1) is 5.69 Å². The first-order valence-corrected chi connectivity index (χ1v) is 8.59. The van der Waals surface area contributed by atoms with Gasteiger partial charge in [0, 0.05) is 31.2 Å². The molecule has 0 aromatic carbocycles. The summed E-state index contributed by atoms with van der Waals surface area (Å²) < 4.78 is 2.23. The smallest absolute Gasteiger partial charge is 0.195 e. The minimum Gasteiger partial charge on any atom is -0.355 e. The SMILES string of the molecule is CCCCN(CC)c1nc2sccn2c1CNCCC. The van der Waals surface area contributed by atoms with E-state index in [2.05, 4.69) is 47.0 Å². The number of thiazole rings is 1. The number of fused-ring (bicyclic) bond motifs is 1. The molecule has 1 N–H and O–H groups in total. The third kappa shape index (κ3) is 3.33. The molecule has 0 atom stereocenters. The maximum atomic E-state index is 4.84. The maximum absolute atomic E-state index is 4.84. The monoisotopic (exact) mass is 294 g/mol. The van der Waals surface area contributed by atoms with Crippen molar-refractivity contribution in [1.29, 1.82) is 0 Å². The topological polar surface area (TPSA) is 32.6 Å². The Balaban J connectivity index is 2.24. The van der Waals surface area contributed by atoms with Crippen LogP contribution >= 0.6 is 11.3 Å². The second-order valence-electron chi connectivity index (χ2n) is 5.05. The van der Waals surface area contributed by atoms with Gasteiger partial charge in [0.25, 0.3) is 0 Å². The van der Waals surface area contributed by atoms with Crippen LogP contribution in [0.15, 0.2) is 11.6 Å². The molecule has 0 spiro atoms. The third-order valence-electron chi connectivity index (χ3n) is 3.52. The molecule has 0 amide bonds. The zero-order valence-corrected chi connectivity index (χ0v) is 13.7. The second-order valence-corrected chi connectivity index (χ2v) is 5.92. The predicted octanol–water partition coefficient (Wildman–Crippen LogP) is 3.52. The third-order valence-corrected chi connectivity index (χ3v) is 4.28. The zero-order valence-electron chi connectivity index (χ0n) is 12.9. The molecule has 2 aromatic rings. The lowest BCUT2D eigenvalue weighted by atomic mass is 10.3. The lowest BCUT2D eigenvalue weighted by Gasteiger charge is -2.22. The molecular weight excluding hydrogens is 268 g/mol. The van der Waals surface area contributed by atoms with Gasteiger partial charge in [-0.2, -0.15) is 0 Å². The van der Waals surface area contributed by atoms with Crippen molar-refractivity contribution in [2.75, 3.05) is 24.5 Å².